The molecule has 1 fully saturated rings. The third-order valence-electron chi connectivity index (χ3n) is 11.3. The Morgan fingerprint density at radius 3 is 1.98 bits per heavy atom. The summed E-state index contributed by atoms with van der Waals surface area (Å²) in [5.41, 5.74) is 2.08. The number of carbonyl (C=O) groups is 7. The van der Waals surface area contributed by atoms with Crippen molar-refractivity contribution < 1.29 is 33.6 Å². The van der Waals surface area contributed by atoms with Crippen LogP contribution in [-0.2, 0) is 40.0 Å². The van der Waals surface area contributed by atoms with E-state index in [2.05, 4.69) is 59.8 Å². The molecular weight excluding hydrogens is 825 g/mol. The molecular formula is C43H71Cl2N9O7. The van der Waals surface area contributed by atoms with E-state index in [4.69, 9.17) is 23.6 Å². The average molecular weight is 897 g/mol. The molecule has 2 aliphatic rings. The molecule has 61 heavy (non-hydrogen) atoms. The maximum absolute atomic E-state index is 13.7. The van der Waals surface area contributed by atoms with Crippen LogP contribution in [0.15, 0.2) is 24.3 Å². The summed E-state index contributed by atoms with van der Waals surface area (Å²) >= 11 is 11.2. The van der Waals surface area contributed by atoms with Gasteiger partial charge in [0.1, 0.15) is 18.1 Å². The molecule has 0 aromatic heterocycles. The Labute approximate surface area is 372 Å². The third-order valence-corrected chi connectivity index (χ3v) is 11.9. The summed E-state index contributed by atoms with van der Waals surface area (Å²) in [5.74, 6) is -2.68. The van der Waals surface area contributed by atoms with E-state index >= 15 is 0 Å². The summed E-state index contributed by atoms with van der Waals surface area (Å²) in [4.78, 5) is 95.2. The minimum atomic E-state index is -1.05. The first kappa shape index (κ1) is 53.1. The van der Waals surface area contributed by atoms with Crippen molar-refractivity contribution in [3.8, 4) is 0 Å². The molecule has 1 aliphatic heterocycles. The fourth-order valence-corrected chi connectivity index (χ4v) is 7.24. The molecule has 3 rings (SSSR count). The van der Waals surface area contributed by atoms with Crippen LogP contribution in [0.25, 0.3) is 0 Å². The zero-order chi connectivity index (χ0) is 46.2. The van der Waals surface area contributed by atoms with E-state index in [9.17, 15) is 33.6 Å². The quantitative estimate of drug-likeness (QED) is 0.0754. The highest BCUT2D eigenvalue weighted by atomic mass is 35.5. The zero-order valence-corrected chi connectivity index (χ0v) is 39.3. The Kier molecular flexibility index (Phi) is 22.0. The number of hydrogen-bond donors (Lipinski definition) is 8. The van der Waals surface area contributed by atoms with E-state index in [1.807, 2.05) is 54.5 Å². The average Bonchev–Trinajstić information content (AvgIpc) is 3.57. The van der Waals surface area contributed by atoms with Gasteiger partial charge in [0.05, 0.1) is 18.1 Å². The summed E-state index contributed by atoms with van der Waals surface area (Å²) in [5, 5.41) is 16.9. The Bertz CT molecular complexity index is 1640. The minimum absolute atomic E-state index is 0.00244. The molecule has 1 heterocycles. The SMILES string of the molecule is CC(C)C(C)NC(=O)[C@@H](CCC(=O)N[C@H]1CC(C)N(C(=O)C(NC(=O)[C@H](C)NCl)C(C)(C)C)C1)NC(=O)C(NC(=O)[C@@H](C)NCl)C(C)C.O=CNC1CCCc2ccccc21. The van der Waals surface area contributed by atoms with Gasteiger partial charge in [-0.2, -0.15) is 0 Å². The largest absolute Gasteiger partial charge is 0.352 e. The van der Waals surface area contributed by atoms with Gasteiger partial charge in [0.15, 0.2) is 0 Å². The van der Waals surface area contributed by atoms with Crippen LogP contribution in [0.3, 0.4) is 0 Å². The van der Waals surface area contributed by atoms with Crippen LogP contribution < -0.4 is 41.6 Å². The lowest BCUT2D eigenvalue weighted by Gasteiger charge is -2.35. The second-order valence-corrected chi connectivity index (χ2v) is 18.5. The van der Waals surface area contributed by atoms with Crippen molar-refractivity contribution in [1.82, 2.24) is 46.5 Å². The second kappa shape index (κ2) is 25.2. The molecule has 1 aromatic rings. The van der Waals surface area contributed by atoms with Gasteiger partial charge in [-0.1, -0.05) is 72.7 Å². The van der Waals surface area contributed by atoms with Gasteiger partial charge >= 0.3 is 0 Å². The molecule has 0 saturated carbocycles. The number of hydrogen-bond acceptors (Lipinski definition) is 9. The molecule has 5 unspecified atom stereocenters. The molecule has 16 nitrogen and oxygen atoms in total. The molecule has 344 valence electrons. The van der Waals surface area contributed by atoms with E-state index in [-0.39, 0.29) is 67.2 Å². The molecule has 9 atom stereocenters. The van der Waals surface area contributed by atoms with Crippen molar-refractivity contribution >= 4 is 65.4 Å². The summed E-state index contributed by atoms with van der Waals surface area (Å²) in [6.45, 7) is 20.1. The summed E-state index contributed by atoms with van der Waals surface area (Å²) in [6, 6.07) is 3.56. The number of fused-ring (bicyclic) bond motifs is 1. The number of amides is 7. The number of likely N-dealkylation sites (tertiary alicyclic amines) is 1. The van der Waals surface area contributed by atoms with Crippen molar-refractivity contribution in [3.63, 3.8) is 0 Å². The number of nitrogens with zero attached hydrogens (tertiary/aromatic N) is 1. The van der Waals surface area contributed by atoms with Crippen LogP contribution in [-0.4, -0.2) is 102 Å². The van der Waals surface area contributed by atoms with Gasteiger partial charge in [0.2, 0.25) is 41.9 Å². The second-order valence-electron chi connectivity index (χ2n) is 18.1. The van der Waals surface area contributed by atoms with E-state index in [0.717, 1.165) is 19.3 Å². The number of carbonyl (C=O) groups excluding carboxylic acids is 7. The predicted octanol–water partition coefficient (Wildman–Crippen LogP) is 3.26. The normalized spacial score (nSPS) is 20.3. The third kappa shape index (κ3) is 16.7. The number of benzene rings is 1. The number of nitrogens with one attached hydrogen (secondary N) is 8. The van der Waals surface area contributed by atoms with Crippen molar-refractivity contribution in [3.05, 3.63) is 35.4 Å². The van der Waals surface area contributed by atoms with Gasteiger partial charge in [-0.3, -0.25) is 33.6 Å². The van der Waals surface area contributed by atoms with E-state index in [1.165, 1.54) is 17.5 Å². The lowest BCUT2D eigenvalue weighted by atomic mass is 9.85. The lowest BCUT2D eigenvalue weighted by Crippen LogP contribution is -2.58. The smallest absolute Gasteiger partial charge is 0.246 e. The fourth-order valence-electron chi connectivity index (χ4n) is 7.04. The number of aryl methyl sites for hydroxylation is 1. The Balaban J connectivity index is 0.000000823. The highest BCUT2D eigenvalue weighted by Gasteiger charge is 2.42. The van der Waals surface area contributed by atoms with E-state index in [0.29, 0.717) is 6.42 Å². The van der Waals surface area contributed by atoms with Crippen LogP contribution in [0.4, 0.5) is 0 Å². The predicted molar refractivity (Wildman–Crippen MR) is 238 cm³/mol. The molecule has 1 aliphatic carbocycles. The first-order chi connectivity index (χ1) is 28.5. The zero-order valence-electron chi connectivity index (χ0n) is 37.7. The van der Waals surface area contributed by atoms with Crippen LogP contribution in [0.2, 0.25) is 0 Å². The monoisotopic (exact) mass is 895 g/mol. The molecule has 7 amide bonds. The highest BCUT2D eigenvalue weighted by molar-refractivity contribution is 6.15. The molecule has 18 heteroatoms. The van der Waals surface area contributed by atoms with Crippen LogP contribution in [0, 0.1) is 17.3 Å². The maximum atomic E-state index is 13.7. The summed E-state index contributed by atoms with van der Waals surface area (Å²) in [6.07, 6.45) is 4.60. The van der Waals surface area contributed by atoms with Gasteiger partial charge in [-0.25, -0.2) is 9.67 Å². The van der Waals surface area contributed by atoms with Crippen LogP contribution in [0.1, 0.15) is 125 Å². The van der Waals surface area contributed by atoms with Crippen molar-refractivity contribution in [2.45, 2.75) is 169 Å². The Morgan fingerprint density at radius 2 is 1.43 bits per heavy atom. The summed E-state index contributed by atoms with van der Waals surface area (Å²) < 4.78 is 0. The number of halogens is 2. The van der Waals surface area contributed by atoms with Gasteiger partial charge < -0.3 is 36.8 Å². The molecule has 0 spiro atoms. The standard InChI is InChI=1S/C32H58Cl2N8O6.C11H13NO/c1-16(2)19(6)35-29(46)23(37-30(47)25(17(3)4)38-27(44)20(7)40-33)12-13-24(43)36-22-14-18(5)42(15-22)31(48)26(32(9,10)11)39-28(45)21(8)41-34;13-8-12-11-7-3-5-9-4-1-2-6-10(9)11/h16-23,25-26,40-41H,12-15H2,1-11H3,(H,35,46)(H,36,43)(H,37,47)(H,38,44)(H,39,45);1-2,4,6,8,11H,3,5,7H2,(H,12,13)/t18?,19?,20-,21+,22+,23-,25?,26?;/m1./s1. The molecule has 1 saturated heterocycles. The van der Waals surface area contributed by atoms with Gasteiger partial charge in [-0.15, -0.1) is 0 Å². The van der Waals surface area contributed by atoms with Gasteiger partial charge in [0.25, 0.3) is 0 Å². The number of rotatable bonds is 19. The molecule has 8 N–H and O–H groups in total. The topological polar surface area (TPSA) is 219 Å². The van der Waals surface area contributed by atoms with Crippen molar-refractivity contribution in [2.24, 2.45) is 17.3 Å². The Hall–Kier alpha value is -3.99. The maximum Gasteiger partial charge on any atom is 0.246 e. The van der Waals surface area contributed by atoms with Gasteiger partial charge in [-0.05, 0) is 112 Å². The van der Waals surface area contributed by atoms with Crippen molar-refractivity contribution in [2.75, 3.05) is 6.54 Å². The fraction of sp³-hybridized carbons (Fsp3) is 0.698. The molecule has 0 radical (unpaired) electrons. The minimum Gasteiger partial charge on any atom is -0.352 e. The van der Waals surface area contributed by atoms with Gasteiger partial charge in [0, 0.05) is 31.1 Å². The Morgan fingerprint density at radius 1 is 0.820 bits per heavy atom. The first-order valence-corrected chi connectivity index (χ1v) is 22.1. The molecule has 0 bridgehead atoms. The van der Waals surface area contributed by atoms with Crippen LogP contribution >= 0.6 is 23.6 Å². The first-order valence-electron chi connectivity index (χ1n) is 21.4. The molecule has 1 aromatic carbocycles. The lowest BCUT2D eigenvalue weighted by molar-refractivity contribution is -0.140. The van der Waals surface area contributed by atoms with E-state index in [1.54, 1.807) is 32.6 Å². The highest BCUT2D eigenvalue weighted by Crippen LogP contribution is 2.29. The van der Waals surface area contributed by atoms with Crippen LogP contribution in [0.5, 0.6) is 0 Å². The van der Waals surface area contributed by atoms with Crippen molar-refractivity contribution in [1.29, 1.82) is 0 Å². The summed E-state index contributed by atoms with van der Waals surface area (Å²) in [7, 11) is 0. The van der Waals surface area contributed by atoms with E-state index < -0.39 is 59.3 Å².